The highest BCUT2D eigenvalue weighted by molar-refractivity contribution is 5.93. The number of unbranched alkanes of at least 4 members (excludes halogenated alkanes) is 2. The minimum atomic E-state index is -1.15. The van der Waals surface area contributed by atoms with Crippen LogP contribution < -0.4 is 0 Å². The Bertz CT molecular complexity index is 699. The zero-order valence-electron chi connectivity index (χ0n) is 17.1. The molecule has 1 rings (SSSR count). The molecule has 4 nitrogen and oxygen atoms in total. The van der Waals surface area contributed by atoms with Gasteiger partial charge in [0.05, 0.1) is 0 Å². The fourth-order valence-corrected chi connectivity index (χ4v) is 3.02. The van der Waals surface area contributed by atoms with E-state index in [1.165, 1.54) is 11.6 Å². The molecule has 0 aromatic heterocycles. The lowest BCUT2D eigenvalue weighted by molar-refractivity contribution is 0.0692. The smallest absolute Gasteiger partial charge is 0.339 e. The predicted molar refractivity (Wildman–Crippen MR) is 111 cm³/mol. The van der Waals surface area contributed by atoms with Crippen LogP contribution in [-0.4, -0.2) is 21.3 Å². The number of aromatic hydroxyl groups is 2. The van der Waals surface area contributed by atoms with Gasteiger partial charge < -0.3 is 15.3 Å². The Morgan fingerprint density at radius 2 is 1.78 bits per heavy atom. The van der Waals surface area contributed by atoms with Gasteiger partial charge in [-0.2, -0.15) is 0 Å². The van der Waals surface area contributed by atoms with Crippen LogP contribution in [0.2, 0.25) is 0 Å². The Hall–Kier alpha value is -2.23. The molecule has 4 heteroatoms. The van der Waals surface area contributed by atoms with Crippen molar-refractivity contribution in [2.75, 3.05) is 0 Å². The van der Waals surface area contributed by atoms with Gasteiger partial charge in [0.25, 0.3) is 0 Å². The highest BCUT2D eigenvalue weighted by Crippen LogP contribution is 2.35. The van der Waals surface area contributed by atoms with E-state index in [2.05, 4.69) is 26.8 Å². The van der Waals surface area contributed by atoms with Crippen LogP contribution >= 0.6 is 0 Å². The minimum absolute atomic E-state index is 0.0326. The van der Waals surface area contributed by atoms with Crippen LogP contribution in [0.4, 0.5) is 0 Å². The number of aromatic carboxylic acids is 1. The average molecular weight is 375 g/mol. The Morgan fingerprint density at radius 1 is 1.07 bits per heavy atom. The number of phenolic OH excluding ortho intramolecular Hbond substituents is 1. The number of carboxylic acid groups (broad SMARTS) is 1. The van der Waals surface area contributed by atoms with Gasteiger partial charge in [0.15, 0.2) is 0 Å². The molecule has 0 aliphatic rings. The summed E-state index contributed by atoms with van der Waals surface area (Å²) < 4.78 is 0. The maximum absolute atomic E-state index is 11.6. The van der Waals surface area contributed by atoms with Crippen molar-refractivity contribution in [3.63, 3.8) is 0 Å². The SMILES string of the molecule is CCCCCc1cc(O)c(CC=C(C)CCC=C(C)CC)c(O)c1C(=O)O. The van der Waals surface area contributed by atoms with Crippen LogP contribution in [0.25, 0.3) is 0 Å². The summed E-state index contributed by atoms with van der Waals surface area (Å²) >= 11 is 0. The number of hydrogen-bond donors (Lipinski definition) is 3. The van der Waals surface area contributed by atoms with Gasteiger partial charge in [0.1, 0.15) is 17.1 Å². The van der Waals surface area contributed by atoms with Gasteiger partial charge in [-0.05, 0) is 64.0 Å². The number of benzene rings is 1. The van der Waals surface area contributed by atoms with E-state index in [-0.39, 0.29) is 22.6 Å². The lowest BCUT2D eigenvalue weighted by atomic mass is 9.95. The Labute approximate surface area is 163 Å². The minimum Gasteiger partial charge on any atom is -0.508 e. The lowest BCUT2D eigenvalue weighted by Crippen LogP contribution is -2.05. The summed E-state index contributed by atoms with van der Waals surface area (Å²) in [5, 5.41) is 30.4. The van der Waals surface area contributed by atoms with E-state index < -0.39 is 5.97 Å². The first kappa shape index (κ1) is 22.8. The largest absolute Gasteiger partial charge is 0.508 e. The molecule has 0 fully saturated rings. The summed E-state index contributed by atoms with van der Waals surface area (Å²) in [5.41, 5.74) is 3.22. The molecule has 1 aromatic rings. The summed E-state index contributed by atoms with van der Waals surface area (Å²) in [4.78, 5) is 11.6. The number of carboxylic acids is 1. The van der Waals surface area contributed by atoms with Gasteiger partial charge >= 0.3 is 5.97 Å². The van der Waals surface area contributed by atoms with Crippen molar-refractivity contribution in [3.05, 3.63) is 46.1 Å². The summed E-state index contributed by atoms with van der Waals surface area (Å²) in [7, 11) is 0. The molecule has 150 valence electrons. The van der Waals surface area contributed by atoms with Crippen molar-refractivity contribution in [3.8, 4) is 11.5 Å². The van der Waals surface area contributed by atoms with Gasteiger partial charge in [0, 0.05) is 5.56 Å². The monoisotopic (exact) mass is 374 g/mol. The molecule has 0 saturated carbocycles. The molecule has 0 unspecified atom stereocenters. The Kier molecular flexibility index (Phi) is 9.70. The van der Waals surface area contributed by atoms with Crippen molar-refractivity contribution in [1.82, 2.24) is 0 Å². The van der Waals surface area contributed by atoms with Crippen LogP contribution in [0.15, 0.2) is 29.4 Å². The third kappa shape index (κ3) is 7.12. The first-order valence-electron chi connectivity index (χ1n) is 9.92. The molecule has 3 N–H and O–H groups in total. The fraction of sp³-hybridized carbons (Fsp3) is 0.522. The fourth-order valence-electron chi connectivity index (χ4n) is 3.02. The van der Waals surface area contributed by atoms with Gasteiger partial charge in [0.2, 0.25) is 0 Å². The van der Waals surface area contributed by atoms with E-state index in [1.807, 2.05) is 13.0 Å². The standard InChI is InChI=1S/C23H34O4/c1-5-7-8-12-18-15-20(24)19(22(25)21(18)23(26)27)14-13-17(4)11-9-10-16(3)6-2/h10,13,15,24-25H,5-9,11-12,14H2,1-4H3,(H,26,27). The number of rotatable bonds is 11. The average Bonchev–Trinajstić information content (AvgIpc) is 2.60. The van der Waals surface area contributed by atoms with Crippen molar-refractivity contribution in [2.45, 2.75) is 79.1 Å². The molecule has 0 aliphatic heterocycles. The second kappa shape index (κ2) is 11.5. The summed E-state index contributed by atoms with van der Waals surface area (Å²) in [5.74, 6) is -1.49. The number of hydrogen-bond acceptors (Lipinski definition) is 3. The molecule has 0 aliphatic carbocycles. The maximum atomic E-state index is 11.6. The van der Waals surface area contributed by atoms with Crippen LogP contribution in [0, 0.1) is 0 Å². The highest BCUT2D eigenvalue weighted by Gasteiger charge is 2.21. The lowest BCUT2D eigenvalue weighted by Gasteiger charge is -2.14. The second-order valence-corrected chi connectivity index (χ2v) is 7.22. The van der Waals surface area contributed by atoms with Crippen LogP contribution in [0.1, 0.15) is 87.7 Å². The topological polar surface area (TPSA) is 77.8 Å². The zero-order valence-corrected chi connectivity index (χ0v) is 17.1. The molecule has 27 heavy (non-hydrogen) atoms. The molecule has 0 amide bonds. The van der Waals surface area contributed by atoms with Crippen LogP contribution in [0.5, 0.6) is 11.5 Å². The van der Waals surface area contributed by atoms with Gasteiger partial charge in [-0.1, -0.05) is 50.0 Å². The van der Waals surface area contributed by atoms with Crippen molar-refractivity contribution in [2.24, 2.45) is 0 Å². The molecule has 0 radical (unpaired) electrons. The van der Waals surface area contributed by atoms with Crippen molar-refractivity contribution >= 4 is 5.97 Å². The Balaban J connectivity index is 2.99. The third-order valence-electron chi connectivity index (χ3n) is 4.97. The van der Waals surface area contributed by atoms with E-state index in [9.17, 15) is 20.1 Å². The summed E-state index contributed by atoms with van der Waals surface area (Å²) in [6.45, 7) is 8.33. The van der Waals surface area contributed by atoms with E-state index in [0.29, 0.717) is 18.4 Å². The van der Waals surface area contributed by atoms with E-state index >= 15 is 0 Å². The number of phenols is 2. The quantitative estimate of drug-likeness (QED) is 0.320. The molecule has 0 saturated heterocycles. The van der Waals surface area contributed by atoms with Gasteiger partial charge in [-0.25, -0.2) is 4.79 Å². The number of carbonyl (C=O) groups is 1. The molecule has 0 heterocycles. The number of aryl methyl sites for hydroxylation is 1. The van der Waals surface area contributed by atoms with E-state index in [0.717, 1.165) is 44.1 Å². The normalized spacial score (nSPS) is 12.4. The third-order valence-corrected chi connectivity index (χ3v) is 4.97. The second-order valence-electron chi connectivity index (χ2n) is 7.22. The van der Waals surface area contributed by atoms with Gasteiger partial charge in [-0.3, -0.25) is 0 Å². The molecular formula is C23H34O4. The van der Waals surface area contributed by atoms with Crippen LogP contribution in [0.3, 0.4) is 0 Å². The van der Waals surface area contributed by atoms with Crippen LogP contribution in [-0.2, 0) is 12.8 Å². The maximum Gasteiger partial charge on any atom is 0.339 e. The summed E-state index contributed by atoms with van der Waals surface area (Å²) in [6, 6.07) is 1.50. The molecule has 0 atom stereocenters. The molecule has 1 aromatic carbocycles. The van der Waals surface area contributed by atoms with Crippen molar-refractivity contribution in [1.29, 1.82) is 0 Å². The first-order chi connectivity index (χ1) is 12.8. The summed E-state index contributed by atoms with van der Waals surface area (Å²) in [6.07, 6.45) is 10.8. The zero-order chi connectivity index (χ0) is 20.4. The first-order valence-corrected chi connectivity index (χ1v) is 9.92. The Morgan fingerprint density at radius 3 is 2.37 bits per heavy atom. The number of allylic oxidation sites excluding steroid dienone is 4. The van der Waals surface area contributed by atoms with E-state index in [4.69, 9.17) is 0 Å². The molecular weight excluding hydrogens is 340 g/mol. The van der Waals surface area contributed by atoms with Crippen molar-refractivity contribution < 1.29 is 20.1 Å². The predicted octanol–water partition coefficient (Wildman–Crippen LogP) is 6.15. The highest BCUT2D eigenvalue weighted by atomic mass is 16.4. The molecule has 0 bridgehead atoms. The molecule has 0 spiro atoms. The van der Waals surface area contributed by atoms with E-state index in [1.54, 1.807) is 0 Å². The van der Waals surface area contributed by atoms with Gasteiger partial charge in [-0.15, -0.1) is 0 Å².